The van der Waals surface area contributed by atoms with Crippen molar-refractivity contribution in [2.24, 2.45) is 0 Å². The minimum atomic E-state index is 0.0572. The van der Waals surface area contributed by atoms with Gasteiger partial charge in [-0.05, 0) is 61.8 Å². The van der Waals surface area contributed by atoms with E-state index in [1.807, 2.05) is 49.4 Å². The molecule has 0 fully saturated rings. The molecule has 2 rings (SSSR count). The van der Waals surface area contributed by atoms with Crippen molar-refractivity contribution in [3.63, 3.8) is 0 Å². The number of unbranched alkanes of at least 4 members (excludes halogenated alkanes) is 1. The number of amides is 1. The van der Waals surface area contributed by atoms with Crippen LogP contribution in [0.5, 0.6) is 5.75 Å². The van der Waals surface area contributed by atoms with Gasteiger partial charge in [-0.1, -0.05) is 30.3 Å². The van der Waals surface area contributed by atoms with Crippen LogP contribution in [0.15, 0.2) is 48.5 Å². The predicted molar refractivity (Wildman–Crippen MR) is 103 cm³/mol. The second-order valence-electron chi connectivity index (χ2n) is 5.79. The number of thioether (sulfide) groups is 1. The smallest absolute Gasteiger partial charge is 0.234 e. The molecule has 3 nitrogen and oxygen atoms in total. The molecule has 0 aliphatic rings. The Morgan fingerprint density at radius 3 is 2.71 bits per heavy atom. The molecule has 0 unspecified atom stereocenters. The summed E-state index contributed by atoms with van der Waals surface area (Å²) in [5, 5.41) is 2.93. The van der Waals surface area contributed by atoms with Crippen LogP contribution in [0.2, 0.25) is 0 Å². The van der Waals surface area contributed by atoms with Gasteiger partial charge in [0, 0.05) is 5.69 Å². The van der Waals surface area contributed by atoms with Crippen molar-refractivity contribution in [2.75, 3.05) is 23.4 Å². The highest BCUT2D eigenvalue weighted by Gasteiger charge is 2.03. The molecule has 0 saturated carbocycles. The van der Waals surface area contributed by atoms with Crippen LogP contribution < -0.4 is 10.1 Å². The summed E-state index contributed by atoms with van der Waals surface area (Å²) in [6, 6.07) is 15.9. The molecule has 2 aromatic rings. The summed E-state index contributed by atoms with van der Waals surface area (Å²) < 4.78 is 5.77. The molecule has 4 heteroatoms. The number of nitrogens with one attached hydrogen (secondary N) is 1. The lowest BCUT2D eigenvalue weighted by atomic mass is 10.2. The second kappa shape index (κ2) is 10.0. The van der Waals surface area contributed by atoms with E-state index in [1.165, 1.54) is 5.56 Å². The van der Waals surface area contributed by atoms with Gasteiger partial charge in [-0.25, -0.2) is 0 Å². The normalized spacial score (nSPS) is 10.4. The maximum Gasteiger partial charge on any atom is 0.234 e. The van der Waals surface area contributed by atoms with Gasteiger partial charge < -0.3 is 10.1 Å². The lowest BCUT2D eigenvalue weighted by Crippen LogP contribution is -2.14. The molecule has 0 heterocycles. The fourth-order valence-corrected chi connectivity index (χ4v) is 3.10. The summed E-state index contributed by atoms with van der Waals surface area (Å²) in [5.41, 5.74) is 3.18. The lowest BCUT2D eigenvalue weighted by Gasteiger charge is -2.08. The fraction of sp³-hybridized carbons (Fsp3) is 0.350. The van der Waals surface area contributed by atoms with Crippen LogP contribution in [-0.2, 0) is 4.79 Å². The molecule has 0 aliphatic carbocycles. The Morgan fingerprint density at radius 1 is 1.08 bits per heavy atom. The average molecular weight is 343 g/mol. The van der Waals surface area contributed by atoms with Crippen LogP contribution in [0.1, 0.15) is 24.0 Å². The largest absolute Gasteiger partial charge is 0.493 e. The number of ether oxygens (including phenoxy) is 1. The van der Waals surface area contributed by atoms with Crippen LogP contribution in [0.25, 0.3) is 0 Å². The van der Waals surface area contributed by atoms with E-state index < -0.39 is 0 Å². The molecule has 2 aromatic carbocycles. The molecule has 0 atom stereocenters. The maximum absolute atomic E-state index is 11.9. The number of anilines is 1. The van der Waals surface area contributed by atoms with Crippen LogP contribution in [0, 0.1) is 13.8 Å². The first kappa shape index (κ1) is 18.4. The van der Waals surface area contributed by atoms with E-state index in [1.54, 1.807) is 11.8 Å². The zero-order valence-corrected chi connectivity index (χ0v) is 15.2. The molecule has 1 N–H and O–H groups in total. The van der Waals surface area contributed by atoms with Gasteiger partial charge in [-0.3, -0.25) is 4.79 Å². The molecule has 0 saturated heterocycles. The number of hydrogen-bond acceptors (Lipinski definition) is 3. The van der Waals surface area contributed by atoms with Crippen LogP contribution in [0.4, 0.5) is 5.69 Å². The van der Waals surface area contributed by atoms with Gasteiger partial charge in [0.25, 0.3) is 0 Å². The monoisotopic (exact) mass is 343 g/mol. The first-order valence-electron chi connectivity index (χ1n) is 8.28. The van der Waals surface area contributed by atoms with Gasteiger partial charge in [-0.15, -0.1) is 0 Å². The van der Waals surface area contributed by atoms with E-state index in [0.717, 1.165) is 42.2 Å². The minimum Gasteiger partial charge on any atom is -0.493 e. The summed E-state index contributed by atoms with van der Waals surface area (Å²) >= 11 is 1.67. The summed E-state index contributed by atoms with van der Waals surface area (Å²) in [6.07, 6.45) is 2.05. The van der Waals surface area contributed by atoms with E-state index in [0.29, 0.717) is 5.75 Å². The van der Waals surface area contributed by atoms with Crippen molar-refractivity contribution >= 4 is 23.4 Å². The van der Waals surface area contributed by atoms with E-state index >= 15 is 0 Å². The third-order valence-corrected chi connectivity index (χ3v) is 4.61. The number of benzene rings is 2. The Labute approximate surface area is 148 Å². The Balaban J connectivity index is 1.53. The Kier molecular flexibility index (Phi) is 7.69. The first-order chi connectivity index (χ1) is 11.6. The molecule has 0 spiro atoms. The SMILES string of the molecule is Cc1cccc(NC(=O)CSCCCCOc2ccccc2C)c1. The van der Waals surface area contributed by atoms with Crippen molar-refractivity contribution in [1.29, 1.82) is 0 Å². The van der Waals surface area contributed by atoms with Gasteiger partial charge in [0.2, 0.25) is 5.91 Å². The van der Waals surface area contributed by atoms with Gasteiger partial charge >= 0.3 is 0 Å². The van der Waals surface area contributed by atoms with E-state index in [-0.39, 0.29) is 5.91 Å². The van der Waals surface area contributed by atoms with E-state index in [9.17, 15) is 4.79 Å². The highest BCUT2D eigenvalue weighted by molar-refractivity contribution is 7.99. The summed E-state index contributed by atoms with van der Waals surface area (Å²) in [6.45, 7) is 4.79. The number of carbonyl (C=O) groups excluding carboxylic acids is 1. The third kappa shape index (κ3) is 6.67. The van der Waals surface area contributed by atoms with Crippen LogP contribution in [-0.4, -0.2) is 24.0 Å². The molecule has 128 valence electrons. The fourth-order valence-electron chi connectivity index (χ4n) is 2.29. The minimum absolute atomic E-state index is 0.0572. The zero-order chi connectivity index (χ0) is 17.2. The number of rotatable bonds is 9. The summed E-state index contributed by atoms with van der Waals surface area (Å²) in [4.78, 5) is 11.9. The van der Waals surface area contributed by atoms with E-state index in [2.05, 4.69) is 18.3 Å². The lowest BCUT2D eigenvalue weighted by molar-refractivity contribution is -0.113. The van der Waals surface area contributed by atoms with Crippen molar-refractivity contribution in [2.45, 2.75) is 26.7 Å². The van der Waals surface area contributed by atoms with Crippen LogP contribution in [0.3, 0.4) is 0 Å². The number of carbonyl (C=O) groups is 1. The molecule has 0 aliphatic heterocycles. The van der Waals surface area contributed by atoms with Crippen LogP contribution >= 0.6 is 11.8 Å². The van der Waals surface area contributed by atoms with Gasteiger partial charge in [0.15, 0.2) is 0 Å². The predicted octanol–water partition coefficient (Wildman–Crippen LogP) is 4.83. The third-order valence-electron chi connectivity index (χ3n) is 3.57. The molecular weight excluding hydrogens is 318 g/mol. The topological polar surface area (TPSA) is 38.3 Å². The Morgan fingerprint density at radius 2 is 1.92 bits per heavy atom. The Bertz CT molecular complexity index is 658. The number of aryl methyl sites for hydroxylation is 2. The molecule has 0 radical (unpaired) electrons. The summed E-state index contributed by atoms with van der Waals surface area (Å²) in [7, 11) is 0. The zero-order valence-electron chi connectivity index (χ0n) is 14.4. The number of hydrogen-bond donors (Lipinski definition) is 1. The highest BCUT2D eigenvalue weighted by Crippen LogP contribution is 2.17. The van der Waals surface area contributed by atoms with Gasteiger partial charge in [0.1, 0.15) is 5.75 Å². The van der Waals surface area contributed by atoms with E-state index in [4.69, 9.17) is 4.74 Å². The molecular formula is C20H25NO2S. The number of para-hydroxylation sites is 1. The summed E-state index contributed by atoms with van der Waals surface area (Å²) in [5.74, 6) is 2.48. The Hall–Kier alpha value is -1.94. The quantitative estimate of drug-likeness (QED) is 0.663. The van der Waals surface area contributed by atoms with Gasteiger partial charge in [-0.2, -0.15) is 11.8 Å². The van der Waals surface area contributed by atoms with Crippen molar-refractivity contribution in [1.82, 2.24) is 0 Å². The average Bonchev–Trinajstić information content (AvgIpc) is 2.55. The van der Waals surface area contributed by atoms with Crippen molar-refractivity contribution in [3.05, 3.63) is 59.7 Å². The van der Waals surface area contributed by atoms with Gasteiger partial charge in [0.05, 0.1) is 12.4 Å². The second-order valence-corrected chi connectivity index (χ2v) is 6.90. The van der Waals surface area contributed by atoms with Crippen molar-refractivity contribution in [3.8, 4) is 5.75 Å². The maximum atomic E-state index is 11.9. The first-order valence-corrected chi connectivity index (χ1v) is 9.43. The molecule has 24 heavy (non-hydrogen) atoms. The molecule has 0 aromatic heterocycles. The highest BCUT2D eigenvalue weighted by atomic mass is 32.2. The molecule has 1 amide bonds. The van der Waals surface area contributed by atoms with Crippen molar-refractivity contribution < 1.29 is 9.53 Å². The standard InChI is InChI=1S/C20H25NO2S/c1-16-8-7-10-18(14-16)21-20(22)15-24-13-6-5-12-23-19-11-4-3-9-17(19)2/h3-4,7-11,14H,5-6,12-13,15H2,1-2H3,(H,21,22). The molecule has 0 bridgehead atoms.